The molecule has 9 heteroatoms. The topological polar surface area (TPSA) is 89.3 Å². The molecule has 1 aromatic heterocycles. The quantitative estimate of drug-likeness (QED) is 0.874. The van der Waals surface area contributed by atoms with E-state index in [0.29, 0.717) is 10.7 Å². The Morgan fingerprint density at radius 2 is 2.05 bits per heavy atom. The maximum atomic E-state index is 11.2. The number of halogens is 1. The van der Waals surface area contributed by atoms with Crippen LogP contribution < -0.4 is 10.5 Å². The fourth-order valence-electron chi connectivity index (χ4n) is 1.48. The van der Waals surface area contributed by atoms with Crippen LogP contribution in [0.4, 0.5) is 5.69 Å². The molecule has 0 aliphatic rings. The number of thiophene rings is 1. The lowest BCUT2D eigenvalue weighted by molar-refractivity contribution is -0.114. The number of nitrogens with one attached hydrogen (secondary N) is 1. The van der Waals surface area contributed by atoms with Gasteiger partial charge in [0.25, 0.3) is 0 Å². The van der Waals surface area contributed by atoms with Crippen molar-refractivity contribution in [2.45, 2.75) is 20.2 Å². The molecule has 0 radical (unpaired) electrons. The molecule has 0 saturated heterocycles. The fraction of sp³-hybridized carbons (Fsp3) is 0.0833. The van der Waals surface area contributed by atoms with Crippen LogP contribution in [0.3, 0.4) is 0 Å². The first-order chi connectivity index (χ1) is 9.75. The second kappa shape index (κ2) is 6.37. The largest absolute Gasteiger partial charge is 0.325 e. The van der Waals surface area contributed by atoms with Gasteiger partial charge in [-0.25, -0.2) is 13.6 Å². The number of carbonyl (C=O) groups excluding carboxylic acids is 1. The highest BCUT2D eigenvalue weighted by Crippen LogP contribution is 2.37. The van der Waals surface area contributed by atoms with Gasteiger partial charge in [-0.2, -0.15) is 0 Å². The molecule has 2 rings (SSSR count). The van der Waals surface area contributed by atoms with Crippen molar-refractivity contribution in [1.82, 2.24) is 0 Å². The summed E-state index contributed by atoms with van der Waals surface area (Å²) in [4.78, 5) is 11.8. The number of primary sulfonamides is 1. The first-order valence-electron chi connectivity index (χ1n) is 5.63. The van der Waals surface area contributed by atoms with Crippen molar-refractivity contribution in [2.75, 3.05) is 5.32 Å². The van der Waals surface area contributed by atoms with Gasteiger partial charge in [-0.15, -0.1) is 11.3 Å². The van der Waals surface area contributed by atoms with E-state index in [-0.39, 0.29) is 10.1 Å². The average molecular weight is 363 g/mol. The molecule has 0 bridgehead atoms. The lowest BCUT2D eigenvalue weighted by atomic mass is 10.3. The second-order valence-electron chi connectivity index (χ2n) is 4.04. The number of benzene rings is 1. The summed E-state index contributed by atoms with van der Waals surface area (Å²) in [6, 6.07) is 8.34. The summed E-state index contributed by atoms with van der Waals surface area (Å²) < 4.78 is 23.3. The van der Waals surface area contributed by atoms with E-state index in [2.05, 4.69) is 5.32 Å². The van der Waals surface area contributed by atoms with Gasteiger partial charge in [0, 0.05) is 11.8 Å². The van der Waals surface area contributed by atoms with E-state index >= 15 is 0 Å². The Morgan fingerprint density at radius 3 is 2.57 bits per heavy atom. The van der Waals surface area contributed by atoms with E-state index in [0.717, 1.165) is 20.4 Å². The van der Waals surface area contributed by atoms with Crippen molar-refractivity contribution in [3.05, 3.63) is 35.4 Å². The third kappa shape index (κ3) is 4.45. The minimum absolute atomic E-state index is 0.117. The molecule has 1 amide bonds. The average Bonchev–Trinajstić information content (AvgIpc) is 2.80. The van der Waals surface area contributed by atoms with Crippen LogP contribution in [0.15, 0.2) is 43.6 Å². The molecule has 1 aromatic carbocycles. The van der Waals surface area contributed by atoms with E-state index in [9.17, 15) is 13.2 Å². The van der Waals surface area contributed by atoms with E-state index in [1.54, 1.807) is 24.3 Å². The van der Waals surface area contributed by atoms with Gasteiger partial charge < -0.3 is 5.32 Å². The first-order valence-corrected chi connectivity index (χ1v) is 9.19. The van der Waals surface area contributed by atoms with Crippen LogP contribution in [-0.2, 0) is 14.8 Å². The lowest BCUT2D eigenvalue weighted by Gasteiger charge is -2.06. The number of carbonyl (C=O) groups is 1. The molecular formula is C12H11ClN2O3S3. The third-order valence-corrected chi connectivity index (χ3v) is 6.26. The third-order valence-electron chi connectivity index (χ3n) is 2.31. The van der Waals surface area contributed by atoms with Gasteiger partial charge in [0.2, 0.25) is 15.9 Å². The van der Waals surface area contributed by atoms with Crippen LogP contribution in [-0.4, -0.2) is 14.3 Å². The minimum atomic E-state index is -3.67. The summed E-state index contributed by atoms with van der Waals surface area (Å²) in [5.41, 5.74) is 0.532. The summed E-state index contributed by atoms with van der Waals surface area (Å²) >= 11 is 8.54. The van der Waals surface area contributed by atoms with Crippen molar-refractivity contribution in [1.29, 1.82) is 0 Å². The standard InChI is InChI=1S/C12H11ClN2O3S3/c1-7(16)15-10-3-2-8(6-9(10)13)19-11-4-5-12(20-11)21(14,17)18/h2-6H,1H3,(H,15,16)(H2,14,17,18). The van der Waals surface area contributed by atoms with Gasteiger partial charge in [0.15, 0.2) is 0 Å². The molecule has 5 nitrogen and oxygen atoms in total. The summed E-state index contributed by atoms with van der Waals surface area (Å²) in [5.74, 6) is -0.201. The van der Waals surface area contributed by atoms with Gasteiger partial charge in [0.05, 0.1) is 14.9 Å². The van der Waals surface area contributed by atoms with Crippen molar-refractivity contribution in [3.8, 4) is 0 Å². The second-order valence-corrected chi connectivity index (χ2v) is 8.70. The predicted octanol–water partition coefficient (Wildman–Crippen LogP) is 3.16. The Bertz CT molecular complexity index is 787. The van der Waals surface area contributed by atoms with Crippen molar-refractivity contribution < 1.29 is 13.2 Å². The maximum absolute atomic E-state index is 11.2. The molecule has 0 atom stereocenters. The predicted molar refractivity (Wildman–Crippen MR) is 85.6 cm³/mol. The number of hydrogen-bond acceptors (Lipinski definition) is 5. The smallest absolute Gasteiger partial charge is 0.247 e. The first kappa shape index (κ1) is 16.3. The Balaban J connectivity index is 2.19. The molecule has 1 heterocycles. The zero-order valence-electron chi connectivity index (χ0n) is 10.8. The molecule has 21 heavy (non-hydrogen) atoms. The molecule has 0 aliphatic carbocycles. The highest BCUT2D eigenvalue weighted by atomic mass is 35.5. The minimum Gasteiger partial charge on any atom is -0.325 e. The Hall–Kier alpha value is -1.06. The number of hydrogen-bond donors (Lipinski definition) is 2. The Labute approximate surface area is 135 Å². The SMILES string of the molecule is CC(=O)Nc1ccc(Sc2ccc(S(N)(=O)=O)s2)cc1Cl. The molecule has 0 fully saturated rings. The number of anilines is 1. The Kier molecular flexibility index (Phi) is 4.95. The van der Waals surface area contributed by atoms with Crippen LogP contribution in [0.5, 0.6) is 0 Å². The number of amides is 1. The number of nitrogens with two attached hydrogens (primary N) is 1. The molecule has 112 valence electrons. The highest BCUT2D eigenvalue weighted by molar-refractivity contribution is 8.01. The molecule has 0 aliphatic heterocycles. The maximum Gasteiger partial charge on any atom is 0.247 e. The number of rotatable bonds is 4. The van der Waals surface area contributed by atoms with Crippen LogP contribution >= 0.6 is 34.7 Å². The molecular weight excluding hydrogens is 352 g/mol. The summed E-state index contributed by atoms with van der Waals surface area (Å²) in [5, 5.41) is 8.10. The summed E-state index contributed by atoms with van der Waals surface area (Å²) in [6.07, 6.45) is 0. The van der Waals surface area contributed by atoms with Gasteiger partial charge in [-0.1, -0.05) is 23.4 Å². The zero-order chi connectivity index (χ0) is 15.6. The number of sulfonamides is 1. The van der Waals surface area contributed by atoms with Gasteiger partial charge in [-0.3, -0.25) is 4.79 Å². The monoisotopic (exact) mass is 362 g/mol. The van der Waals surface area contributed by atoms with E-state index in [1.165, 1.54) is 24.8 Å². The molecule has 2 aromatic rings. The van der Waals surface area contributed by atoms with Crippen molar-refractivity contribution in [2.24, 2.45) is 5.14 Å². The van der Waals surface area contributed by atoms with Crippen LogP contribution in [0.2, 0.25) is 5.02 Å². The van der Waals surface area contributed by atoms with Gasteiger partial charge >= 0.3 is 0 Å². The van der Waals surface area contributed by atoms with Crippen molar-refractivity contribution >= 4 is 56.3 Å². The molecule has 0 spiro atoms. The fourth-order valence-corrected chi connectivity index (χ4v) is 4.80. The van der Waals surface area contributed by atoms with Gasteiger partial charge in [-0.05, 0) is 30.3 Å². The Morgan fingerprint density at radius 1 is 1.33 bits per heavy atom. The zero-order valence-corrected chi connectivity index (χ0v) is 14.0. The van der Waals surface area contributed by atoms with E-state index in [1.807, 2.05) is 0 Å². The summed E-state index contributed by atoms with van der Waals surface area (Å²) in [6.45, 7) is 1.40. The normalized spacial score (nSPS) is 11.4. The van der Waals surface area contributed by atoms with Crippen LogP contribution in [0.1, 0.15) is 6.92 Å². The highest BCUT2D eigenvalue weighted by Gasteiger charge is 2.12. The van der Waals surface area contributed by atoms with Crippen LogP contribution in [0.25, 0.3) is 0 Å². The van der Waals surface area contributed by atoms with E-state index in [4.69, 9.17) is 16.7 Å². The van der Waals surface area contributed by atoms with Crippen LogP contribution in [0, 0.1) is 0 Å². The van der Waals surface area contributed by atoms with Crippen molar-refractivity contribution in [3.63, 3.8) is 0 Å². The molecule has 3 N–H and O–H groups in total. The summed E-state index contributed by atoms with van der Waals surface area (Å²) in [7, 11) is -3.67. The van der Waals surface area contributed by atoms with E-state index < -0.39 is 10.0 Å². The van der Waals surface area contributed by atoms with Gasteiger partial charge in [0.1, 0.15) is 4.21 Å². The molecule has 0 saturated carbocycles. The molecule has 0 unspecified atom stereocenters. The lowest BCUT2D eigenvalue weighted by Crippen LogP contribution is -2.09.